The molecule has 2 N–H and O–H groups in total. The van der Waals surface area contributed by atoms with Gasteiger partial charge in [0, 0.05) is 13.1 Å². The fourth-order valence-electron chi connectivity index (χ4n) is 2.21. The van der Waals surface area contributed by atoms with Gasteiger partial charge in [0.25, 0.3) is 5.91 Å². The highest BCUT2D eigenvalue weighted by Crippen LogP contribution is 2.15. The van der Waals surface area contributed by atoms with Crippen LogP contribution in [0.3, 0.4) is 0 Å². The third kappa shape index (κ3) is 3.05. The van der Waals surface area contributed by atoms with Crippen LogP contribution in [0.1, 0.15) is 30.1 Å². The molecule has 0 saturated carbocycles. The Balaban J connectivity index is 1.98. The normalized spacial score (nSPS) is 16.2. The van der Waals surface area contributed by atoms with Gasteiger partial charge in [-0.1, -0.05) is 12.1 Å². The third-order valence-electron chi connectivity index (χ3n) is 3.28. The van der Waals surface area contributed by atoms with E-state index in [9.17, 15) is 14.7 Å². The first-order chi connectivity index (χ1) is 9.09. The number of hydrogen-bond donors (Lipinski definition) is 2. The van der Waals surface area contributed by atoms with Crippen LogP contribution in [0.15, 0.2) is 24.3 Å². The number of hydrogen-bond acceptors (Lipinski definition) is 3. The number of nitrogens with one attached hydrogen (secondary N) is 1. The monoisotopic (exact) mass is 262 g/mol. The van der Waals surface area contributed by atoms with Gasteiger partial charge >= 0.3 is 0 Å². The Morgan fingerprint density at radius 3 is 2.53 bits per heavy atom. The molecule has 0 spiro atoms. The second-order valence-corrected chi connectivity index (χ2v) is 4.74. The van der Waals surface area contributed by atoms with E-state index in [1.54, 1.807) is 24.0 Å². The second kappa shape index (κ2) is 5.73. The van der Waals surface area contributed by atoms with Crippen LogP contribution >= 0.6 is 0 Å². The molecule has 1 atom stereocenters. The molecule has 1 heterocycles. The Morgan fingerprint density at radius 1 is 1.26 bits per heavy atom. The van der Waals surface area contributed by atoms with Gasteiger partial charge in [0.2, 0.25) is 5.91 Å². The Hall–Kier alpha value is -2.04. The number of nitrogens with zero attached hydrogens (tertiary/aromatic N) is 1. The molecule has 1 fully saturated rings. The lowest BCUT2D eigenvalue weighted by atomic mass is 10.1. The number of amides is 2. The van der Waals surface area contributed by atoms with Gasteiger partial charge in [-0.15, -0.1) is 0 Å². The molecule has 1 aliphatic rings. The van der Waals surface area contributed by atoms with E-state index < -0.39 is 11.9 Å². The number of carbonyl (C=O) groups excluding carboxylic acids is 2. The van der Waals surface area contributed by atoms with Gasteiger partial charge in [0.1, 0.15) is 11.8 Å². The van der Waals surface area contributed by atoms with E-state index in [0.29, 0.717) is 0 Å². The molecule has 5 heteroatoms. The molecule has 19 heavy (non-hydrogen) atoms. The molecule has 102 valence electrons. The lowest BCUT2D eigenvalue weighted by molar-refractivity contribution is -0.131. The molecule has 1 saturated heterocycles. The quantitative estimate of drug-likeness (QED) is 0.858. The fourth-order valence-corrected chi connectivity index (χ4v) is 2.21. The average molecular weight is 262 g/mol. The number of benzene rings is 1. The molecule has 1 aliphatic heterocycles. The molecule has 5 nitrogen and oxygen atoms in total. The molecule has 1 unspecified atom stereocenters. The molecule has 0 bridgehead atoms. The molecule has 0 aliphatic carbocycles. The van der Waals surface area contributed by atoms with Crippen molar-refractivity contribution >= 4 is 11.8 Å². The SMILES string of the molecule is CC(NC(=O)c1ccccc1O)C(=O)N1CCCC1. The van der Waals surface area contributed by atoms with Crippen LogP contribution in [0.4, 0.5) is 0 Å². The maximum absolute atomic E-state index is 12.0. The van der Waals surface area contributed by atoms with E-state index in [4.69, 9.17) is 0 Å². The third-order valence-corrected chi connectivity index (χ3v) is 3.28. The average Bonchev–Trinajstić information content (AvgIpc) is 2.92. The Labute approximate surface area is 112 Å². The van der Waals surface area contributed by atoms with Crippen LogP contribution in [-0.4, -0.2) is 41.0 Å². The second-order valence-electron chi connectivity index (χ2n) is 4.74. The summed E-state index contributed by atoms with van der Waals surface area (Å²) < 4.78 is 0. The number of phenolic OH excluding ortho intramolecular Hbond substituents is 1. The largest absolute Gasteiger partial charge is 0.507 e. The van der Waals surface area contributed by atoms with Crippen molar-refractivity contribution < 1.29 is 14.7 Å². The lowest BCUT2D eigenvalue weighted by Gasteiger charge is -2.21. The minimum atomic E-state index is -0.579. The first kappa shape index (κ1) is 13.4. The summed E-state index contributed by atoms with van der Waals surface area (Å²) >= 11 is 0. The zero-order valence-corrected chi connectivity index (χ0v) is 10.9. The minimum absolute atomic E-state index is 0.0683. The summed E-state index contributed by atoms with van der Waals surface area (Å²) in [5.74, 6) is -0.583. The van der Waals surface area contributed by atoms with Crippen LogP contribution in [0.5, 0.6) is 5.75 Å². The van der Waals surface area contributed by atoms with E-state index in [1.165, 1.54) is 12.1 Å². The highest BCUT2D eigenvalue weighted by molar-refractivity contribution is 5.99. The van der Waals surface area contributed by atoms with Crippen molar-refractivity contribution in [2.24, 2.45) is 0 Å². The van der Waals surface area contributed by atoms with Gasteiger partial charge in [0.15, 0.2) is 0 Å². The van der Waals surface area contributed by atoms with Crippen molar-refractivity contribution in [1.29, 1.82) is 0 Å². The van der Waals surface area contributed by atoms with E-state index in [0.717, 1.165) is 25.9 Å². The zero-order chi connectivity index (χ0) is 13.8. The number of likely N-dealkylation sites (tertiary alicyclic amines) is 1. The van der Waals surface area contributed by atoms with Gasteiger partial charge < -0.3 is 15.3 Å². The number of para-hydroxylation sites is 1. The predicted octanol–water partition coefficient (Wildman–Crippen LogP) is 1.13. The Bertz CT molecular complexity index is 481. The summed E-state index contributed by atoms with van der Waals surface area (Å²) in [6.07, 6.45) is 2.04. The van der Waals surface area contributed by atoms with Crippen molar-refractivity contribution in [3.05, 3.63) is 29.8 Å². The van der Waals surface area contributed by atoms with Crippen LogP contribution in [-0.2, 0) is 4.79 Å². The molecular weight excluding hydrogens is 244 g/mol. The lowest BCUT2D eigenvalue weighted by Crippen LogP contribution is -2.45. The van der Waals surface area contributed by atoms with Crippen molar-refractivity contribution in [2.45, 2.75) is 25.8 Å². The van der Waals surface area contributed by atoms with Crippen molar-refractivity contribution in [2.75, 3.05) is 13.1 Å². The molecule has 0 radical (unpaired) electrons. The van der Waals surface area contributed by atoms with Crippen molar-refractivity contribution in [1.82, 2.24) is 10.2 Å². The summed E-state index contributed by atoms with van der Waals surface area (Å²) in [6.45, 7) is 3.18. The number of carbonyl (C=O) groups is 2. The topological polar surface area (TPSA) is 69.6 Å². The maximum Gasteiger partial charge on any atom is 0.255 e. The zero-order valence-electron chi connectivity index (χ0n) is 10.9. The summed E-state index contributed by atoms with van der Waals surface area (Å²) in [7, 11) is 0. The first-order valence-corrected chi connectivity index (χ1v) is 6.47. The van der Waals surface area contributed by atoms with Crippen LogP contribution in [0.2, 0.25) is 0 Å². The smallest absolute Gasteiger partial charge is 0.255 e. The molecule has 1 aromatic rings. The van der Waals surface area contributed by atoms with Gasteiger partial charge in [-0.3, -0.25) is 9.59 Å². The van der Waals surface area contributed by atoms with Gasteiger partial charge in [-0.25, -0.2) is 0 Å². The Kier molecular flexibility index (Phi) is 4.04. The summed E-state index contributed by atoms with van der Waals surface area (Å²) in [4.78, 5) is 25.8. The predicted molar refractivity (Wildman–Crippen MR) is 70.8 cm³/mol. The molecule has 2 rings (SSSR count). The molecule has 2 amide bonds. The van der Waals surface area contributed by atoms with E-state index in [1.807, 2.05) is 0 Å². The molecular formula is C14H18N2O3. The summed E-state index contributed by atoms with van der Waals surface area (Å²) in [6, 6.07) is 5.71. The van der Waals surface area contributed by atoms with Crippen LogP contribution in [0, 0.1) is 0 Å². The first-order valence-electron chi connectivity index (χ1n) is 6.47. The highest BCUT2D eigenvalue weighted by Gasteiger charge is 2.25. The van der Waals surface area contributed by atoms with Crippen LogP contribution in [0.25, 0.3) is 0 Å². The molecule has 1 aromatic carbocycles. The van der Waals surface area contributed by atoms with Crippen molar-refractivity contribution in [3.63, 3.8) is 0 Å². The van der Waals surface area contributed by atoms with E-state index >= 15 is 0 Å². The highest BCUT2D eigenvalue weighted by atomic mass is 16.3. The minimum Gasteiger partial charge on any atom is -0.507 e. The van der Waals surface area contributed by atoms with Gasteiger partial charge in [-0.2, -0.15) is 0 Å². The fraction of sp³-hybridized carbons (Fsp3) is 0.429. The van der Waals surface area contributed by atoms with Crippen molar-refractivity contribution in [3.8, 4) is 5.75 Å². The number of phenols is 1. The summed E-state index contributed by atoms with van der Waals surface area (Å²) in [5, 5.41) is 12.2. The van der Waals surface area contributed by atoms with Crippen LogP contribution < -0.4 is 5.32 Å². The maximum atomic E-state index is 12.0. The number of aromatic hydroxyl groups is 1. The molecule has 0 aromatic heterocycles. The summed E-state index contributed by atoms with van der Waals surface area (Å²) in [5.41, 5.74) is 0.184. The standard InChI is InChI=1S/C14H18N2O3/c1-10(14(19)16-8-4-5-9-16)15-13(18)11-6-2-3-7-12(11)17/h2-3,6-7,10,17H,4-5,8-9H2,1H3,(H,15,18). The van der Waals surface area contributed by atoms with E-state index in [2.05, 4.69) is 5.32 Å². The number of rotatable bonds is 3. The van der Waals surface area contributed by atoms with E-state index in [-0.39, 0.29) is 17.2 Å². The van der Waals surface area contributed by atoms with Gasteiger partial charge in [0.05, 0.1) is 5.56 Å². The van der Waals surface area contributed by atoms with Gasteiger partial charge in [-0.05, 0) is 31.9 Å². The Morgan fingerprint density at radius 2 is 1.89 bits per heavy atom.